The van der Waals surface area contributed by atoms with Gasteiger partial charge in [0.15, 0.2) is 23.0 Å². The van der Waals surface area contributed by atoms with E-state index in [-0.39, 0.29) is 11.4 Å². The molecule has 0 bridgehead atoms. The summed E-state index contributed by atoms with van der Waals surface area (Å²) in [7, 11) is 3.85. The highest BCUT2D eigenvalue weighted by Crippen LogP contribution is 2.31. The van der Waals surface area contributed by atoms with Crippen LogP contribution < -0.4 is 18.9 Å². The van der Waals surface area contributed by atoms with Crippen molar-refractivity contribution >= 4 is 10.0 Å². The highest BCUT2D eigenvalue weighted by Gasteiger charge is 2.23. The molecule has 0 amide bonds. The van der Waals surface area contributed by atoms with Crippen molar-refractivity contribution in [2.24, 2.45) is 0 Å². The quantitative estimate of drug-likeness (QED) is 0.700. The molecule has 0 spiro atoms. The average molecular weight is 381 g/mol. The molecule has 2 aromatic rings. The summed E-state index contributed by atoms with van der Waals surface area (Å²) < 4.78 is 47.8. The van der Waals surface area contributed by atoms with E-state index >= 15 is 0 Å². The van der Waals surface area contributed by atoms with Crippen LogP contribution in [-0.2, 0) is 16.6 Å². The van der Waals surface area contributed by atoms with E-state index in [2.05, 4.69) is 0 Å². The summed E-state index contributed by atoms with van der Waals surface area (Å²) in [6.07, 6.45) is 0. The van der Waals surface area contributed by atoms with E-state index in [1.54, 1.807) is 31.4 Å². The number of nitrogens with zero attached hydrogens (tertiary/aromatic N) is 1. The molecule has 0 radical (unpaired) electrons. The summed E-state index contributed by atoms with van der Waals surface area (Å²) in [6, 6.07) is 9.78. The largest absolute Gasteiger partial charge is 0.493 e. The molecule has 0 saturated heterocycles. The van der Waals surface area contributed by atoms with E-state index in [0.717, 1.165) is 5.56 Å². The minimum atomic E-state index is -3.70. The van der Waals surface area contributed by atoms with Crippen LogP contribution in [0.25, 0.3) is 0 Å². The number of sulfonamides is 1. The van der Waals surface area contributed by atoms with Crippen molar-refractivity contribution < 1.29 is 27.4 Å². The highest BCUT2D eigenvalue weighted by atomic mass is 32.2. The summed E-state index contributed by atoms with van der Waals surface area (Å²) in [6.45, 7) is 0.178. The van der Waals surface area contributed by atoms with Gasteiger partial charge in [0, 0.05) is 19.7 Å². The second-order valence-electron chi connectivity index (χ2n) is 5.47. The fourth-order valence-corrected chi connectivity index (χ4v) is 3.65. The normalized spacial score (nSPS) is 11.3. The van der Waals surface area contributed by atoms with Crippen LogP contribution in [0.3, 0.4) is 0 Å². The first-order valence-corrected chi connectivity index (χ1v) is 9.20. The molecule has 0 N–H and O–H groups in total. The summed E-state index contributed by atoms with van der Waals surface area (Å²) in [5.41, 5.74) is 0.772. The molecule has 0 unspecified atom stereocenters. The van der Waals surface area contributed by atoms with Gasteiger partial charge in [-0.1, -0.05) is 6.07 Å². The van der Waals surface area contributed by atoms with Crippen LogP contribution in [-0.4, -0.2) is 48.2 Å². The predicted molar refractivity (Wildman–Crippen MR) is 97.7 cm³/mol. The van der Waals surface area contributed by atoms with E-state index in [1.807, 2.05) is 0 Å². The number of ether oxygens (including phenoxy) is 4. The number of rotatable bonds is 8. The molecule has 8 heteroatoms. The van der Waals surface area contributed by atoms with Crippen molar-refractivity contribution in [1.82, 2.24) is 4.31 Å². The monoisotopic (exact) mass is 381 g/mol. The minimum absolute atomic E-state index is 0.123. The van der Waals surface area contributed by atoms with Crippen molar-refractivity contribution in [2.75, 3.05) is 35.5 Å². The maximum Gasteiger partial charge on any atom is 0.243 e. The molecule has 0 saturated carbocycles. The molecule has 0 aliphatic heterocycles. The molecule has 0 heterocycles. The van der Waals surface area contributed by atoms with Crippen LogP contribution in [0.1, 0.15) is 5.56 Å². The Bertz CT molecular complexity index is 866. The lowest BCUT2D eigenvalue weighted by molar-refractivity contribution is 0.353. The molecule has 2 rings (SSSR count). The molecule has 0 aliphatic carbocycles. The van der Waals surface area contributed by atoms with Crippen molar-refractivity contribution in [2.45, 2.75) is 11.4 Å². The SMILES string of the molecule is COc1ccc(CN(C)S(=O)(=O)c2ccc(OC)c(OC)c2)cc1OC. The van der Waals surface area contributed by atoms with E-state index in [0.29, 0.717) is 23.0 Å². The fraction of sp³-hybridized carbons (Fsp3) is 0.333. The molecule has 2 aromatic carbocycles. The van der Waals surface area contributed by atoms with Gasteiger partial charge in [0.25, 0.3) is 0 Å². The van der Waals surface area contributed by atoms with E-state index < -0.39 is 10.0 Å². The van der Waals surface area contributed by atoms with Crippen LogP contribution in [0.15, 0.2) is 41.3 Å². The first kappa shape index (κ1) is 19.9. The maximum absolute atomic E-state index is 12.9. The predicted octanol–water partition coefficient (Wildman–Crippen LogP) is 2.54. The third-order valence-electron chi connectivity index (χ3n) is 3.92. The molecule has 0 aliphatic rings. The van der Waals surface area contributed by atoms with E-state index in [4.69, 9.17) is 18.9 Å². The van der Waals surface area contributed by atoms with Gasteiger partial charge in [-0.25, -0.2) is 8.42 Å². The first-order valence-electron chi connectivity index (χ1n) is 7.76. The van der Waals surface area contributed by atoms with Gasteiger partial charge in [0.05, 0.1) is 33.3 Å². The standard InChI is InChI=1S/C18H23NO6S/c1-19(12-13-6-8-15(22-2)17(10-13)24-4)26(20,21)14-7-9-16(23-3)18(11-14)25-5/h6-11H,12H2,1-5H3. The van der Waals surface area contributed by atoms with Crippen LogP contribution in [0, 0.1) is 0 Å². The molecule has 7 nitrogen and oxygen atoms in total. The lowest BCUT2D eigenvalue weighted by Gasteiger charge is -2.19. The molecule has 0 atom stereocenters. The number of methoxy groups -OCH3 is 4. The molecule has 142 valence electrons. The summed E-state index contributed by atoms with van der Waals surface area (Å²) in [4.78, 5) is 0.123. The smallest absolute Gasteiger partial charge is 0.243 e. The summed E-state index contributed by atoms with van der Waals surface area (Å²) in [5, 5.41) is 0. The Morgan fingerprint density at radius 1 is 0.769 bits per heavy atom. The van der Waals surface area contributed by atoms with Gasteiger partial charge in [0.2, 0.25) is 10.0 Å². The van der Waals surface area contributed by atoms with Crippen molar-refractivity contribution in [3.63, 3.8) is 0 Å². The Kier molecular flexibility index (Phi) is 6.33. The second-order valence-corrected chi connectivity index (χ2v) is 7.51. The van der Waals surface area contributed by atoms with Crippen LogP contribution in [0.5, 0.6) is 23.0 Å². The maximum atomic E-state index is 12.9. The van der Waals surface area contributed by atoms with Gasteiger partial charge in [-0.2, -0.15) is 4.31 Å². The second kappa shape index (κ2) is 8.29. The van der Waals surface area contributed by atoms with Gasteiger partial charge in [-0.05, 0) is 29.8 Å². The number of hydrogen-bond acceptors (Lipinski definition) is 6. The number of hydrogen-bond donors (Lipinski definition) is 0. The van der Waals surface area contributed by atoms with Crippen LogP contribution in [0.4, 0.5) is 0 Å². The highest BCUT2D eigenvalue weighted by molar-refractivity contribution is 7.89. The Balaban J connectivity index is 2.29. The average Bonchev–Trinajstić information content (AvgIpc) is 2.66. The van der Waals surface area contributed by atoms with Gasteiger partial charge in [-0.15, -0.1) is 0 Å². The van der Waals surface area contributed by atoms with E-state index in [9.17, 15) is 8.42 Å². The topological polar surface area (TPSA) is 74.3 Å². The Morgan fingerprint density at radius 3 is 1.81 bits per heavy atom. The van der Waals surface area contributed by atoms with Crippen molar-refractivity contribution in [3.05, 3.63) is 42.0 Å². The lowest BCUT2D eigenvalue weighted by Crippen LogP contribution is -2.26. The van der Waals surface area contributed by atoms with Crippen molar-refractivity contribution in [3.8, 4) is 23.0 Å². The third-order valence-corrected chi connectivity index (χ3v) is 5.72. The van der Waals surface area contributed by atoms with Gasteiger partial charge >= 0.3 is 0 Å². The zero-order valence-electron chi connectivity index (χ0n) is 15.5. The Hall–Kier alpha value is -2.45. The third kappa shape index (κ3) is 4.03. The fourth-order valence-electron chi connectivity index (χ4n) is 2.48. The summed E-state index contributed by atoms with van der Waals surface area (Å²) >= 11 is 0. The van der Waals surface area contributed by atoms with Crippen molar-refractivity contribution in [1.29, 1.82) is 0 Å². The lowest BCUT2D eigenvalue weighted by atomic mass is 10.2. The van der Waals surface area contributed by atoms with Gasteiger partial charge in [0.1, 0.15) is 0 Å². The Labute approximate surface area is 154 Å². The Morgan fingerprint density at radius 2 is 1.27 bits per heavy atom. The number of benzene rings is 2. The van der Waals surface area contributed by atoms with Gasteiger partial charge in [-0.3, -0.25) is 0 Å². The van der Waals surface area contributed by atoms with E-state index in [1.165, 1.54) is 44.8 Å². The molecule has 0 aromatic heterocycles. The van der Waals surface area contributed by atoms with Crippen LogP contribution >= 0.6 is 0 Å². The van der Waals surface area contributed by atoms with Gasteiger partial charge < -0.3 is 18.9 Å². The minimum Gasteiger partial charge on any atom is -0.493 e. The molecular weight excluding hydrogens is 358 g/mol. The zero-order chi connectivity index (χ0) is 19.3. The van der Waals surface area contributed by atoms with Crippen LogP contribution in [0.2, 0.25) is 0 Å². The molecule has 26 heavy (non-hydrogen) atoms. The first-order chi connectivity index (χ1) is 12.4. The summed E-state index contributed by atoms with van der Waals surface area (Å²) in [5.74, 6) is 1.95. The molecule has 0 fully saturated rings. The molecular formula is C18H23NO6S. The zero-order valence-corrected chi connectivity index (χ0v) is 16.3.